The lowest BCUT2D eigenvalue weighted by atomic mass is 9.96. The topological polar surface area (TPSA) is 40.5 Å². The lowest BCUT2D eigenvalue weighted by Gasteiger charge is -2.20. The molecular weight excluding hydrogens is 140 g/mol. The Morgan fingerprint density at radius 2 is 1.82 bits per heavy atom. The monoisotopic (exact) mass is 160 g/mol. The van der Waals surface area contributed by atoms with Gasteiger partial charge in [0.15, 0.2) is 0 Å². The standard InChI is InChI=1S/C9H20O2/c1-3-9(2,11)7-5-4-6-8-10/h10-11H,3-8H2,1-2H3. The highest BCUT2D eigenvalue weighted by molar-refractivity contribution is 4.69. The molecule has 11 heavy (non-hydrogen) atoms. The molecule has 0 amide bonds. The summed E-state index contributed by atoms with van der Waals surface area (Å²) in [5.41, 5.74) is -0.491. The van der Waals surface area contributed by atoms with Crippen LogP contribution in [0.25, 0.3) is 0 Å². The van der Waals surface area contributed by atoms with Crippen LogP contribution in [-0.4, -0.2) is 22.4 Å². The van der Waals surface area contributed by atoms with E-state index in [1.807, 2.05) is 13.8 Å². The molecule has 0 heterocycles. The van der Waals surface area contributed by atoms with E-state index in [4.69, 9.17) is 5.11 Å². The van der Waals surface area contributed by atoms with Crippen molar-refractivity contribution in [3.8, 4) is 0 Å². The fraction of sp³-hybridized carbons (Fsp3) is 1.00. The zero-order chi connectivity index (χ0) is 8.74. The maximum Gasteiger partial charge on any atom is 0.0617 e. The summed E-state index contributed by atoms with van der Waals surface area (Å²) in [6.45, 7) is 4.13. The number of hydrogen-bond acceptors (Lipinski definition) is 2. The third kappa shape index (κ3) is 6.32. The normalized spacial score (nSPS) is 16.4. The van der Waals surface area contributed by atoms with Gasteiger partial charge in [0.25, 0.3) is 0 Å². The minimum atomic E-state index is -0.491. The Hall–Kier alpha value is -0.0800. The van der Waals surface area contributed by atoms with Crippen molar-refractivity contribution in [1.29, 1.82) is 0 Å². The van der Waals surface area contributed by atoms with Gasteiger partial charge in [-0.25, -0.2) is 0 Å². The zero-order valence-corrected chi connectivity index (χ0v) is 7.64. The maximum absolute atomic E-state index is 9.56. The van der Waals surface area contributed by atoms with E-state index < -0.39 is 5.60 Å². The van der Waals surface area contributed by atoms with Crippen LogP contribution in [0.4, 0.5) is 0 Å². The fourth-order valence-electron chi connectivity index (χ4n) is 0.971. The van der Waals surface area contributed by atoms with Gasteiger partial charge in [0.2, 0.25) is 0 Å². The average Bonchev–Trinajstić information content (AvgIpc) is 1.99. The molecule has 0 aromatic rings. The van der Waals surface area contributed by atoms with Crippen LogP contribution in [0, 0.1) is 0 Å². The Labute approximate surface area is 69.2 Å². The molecule has 0 saturated carbocycles. The van der Waals surface area contributed by atoms with Crippen LogP contribution < -0.4 is 0 Å². The Morgan fingerprint density at radius 3 is 2.27 bits per heavy atom. The van der Waals surface area contributed by atoms with Crippen LogP contribution in [0.5, 0.6) is 0 Å². The van der Waals surface area contributed by atoms with Gasteiger partial charge in [-0.1, -0.05) is 19.8 Å². The molecule has 68 valence electrons. The average molecular weight is 160 g/mol. The first-order valence-corrected chi connectivity index (χ1v) is 4.45. The van der Waals surface area contributed by atoms with E-state index in [1.54, 1.807) is 0 Å². The van der Waals surface area contributed by atoms with Crippen molar-refractivity contribution in [3.63, 3.8) is 0 Å². The Morgan fingerprint density at radius 1 is 1.18 bits per heavy atom. The summed E-state index contributed by atoms with van der Waals surface area (Å²) in [4.78, 5) is 0. The van der Waals surface area contributed by atoms with Gasteiger partial charge in [0, 0.05) is 6.61 Å². The van der Waals surface area contributed by atoms with Gasteiger partial charge in [-0.2, -0.15) is 0 Å². The van der Waals surface area contributed by atoms with Gasteiger partial charge in [0.05, 0.1) is 5.60 Å². The third-order valence-electron chi connectivity index (χ3n) is 2.14. The predicted octanol–water partition coefficient (Wildman–Crippen LogP) is 1.70. The molecule has 0 aromatic heterocycles. The van der Waals surface area contributed by atoms with Crippen LogP contribution in [-0.2, 0) is 0 Å². The van der Waals surface area contributed by atoms with Gasteiger partial charge in [-0.05, 0) is 26.2 Å². The van der Waals surface area contributed by atoms with Gasteiger partial charge in [-0.15, -0.1) is 0 Å². The summed E-state index contributed by atoms with van der Waals surface area (Å²) in [5, 5.41) is 18.1. The second-order valence-electron chi connectivity index (χ2n) is 3.38. The largest absolute Gasteiger partial charge is 0.396 e. The van der Waals surface area contributed by atoms with Crippen molar-refractivity contribution >= 4 is 0 Å². The van der Waals surface area contributed by atoms with Crippen LogP contribution in [0.3, 0.4) is 0 Å². The van der Waals surface area contributed by atoms with Gasteiger partial charge in [-0.3, -0.25) is 0 Å². The lowest BCUT2D eigenvalue weighted by Crippen LogP contribution is -2.22. The summed E-state index contributed by atoms with van der Waals surface area (Å²) in [5.74, 6) is 0. The number of aliphatic hydroxyl groups excluding tert-OH is 1. The Bertz CT molecular complexity index is 89.6. The van der Waals surface area contributed by atoms with Crippen molar-refractivity contribution < 1.29 is 10.2 Å². The van der Waals surface area contributed by atoms with Crippen LogP contribution in [0.2, 0.25) is 0 Å². The van der Waals surface area contributed by atoms with Crippen molar-refractivity contribution in [2.45, 2.75) is 51.6 Å². The van der Waals surface area contributed by atoms with Crippen molar-refractivity contribution in [2.24, 2.45) is 0 Å². The SMILES string of the molecule is CCC(C)(O)CCCCCO. The van der Waals surface area contributed by atoms with Crippen molar-refractivity contribution in [3.05, 3.63) is 0 Å². The van der Waals surface area contributed by atoms with Crippen LogP contribution in [0.15, 0.2) is 0 Å². The highest BCUT2D eigenvalue weighted by Crippen LogP contribution is 2.17. The number of rotatable bonds is 6. The van der Waals surface area contributed by atoms with Crippen molar-refractivity contribution in [1.82, 2.24) is 0 Å². The third-order valence-corrected chi connectivity index (χ3v) is 2.14. The molecule has 2 N–H and O–H groups in total. The Balaban J connectivity index is 3.23. The second-order valence-corrected chi connectivity index (χ2v) is 3.38. The first kappa shape index (κ1) is 10.9. The number of unbranched alkanes of at least 4 members (excludes halogenated alkanes) is 2. The van der Waals surface area contributed by atoms with E-state index in [0.29, 0.717) is 0 Å². The molecular formula is C9H20O2. The predicted molar refractivity (Wildman–Crippen MR) is 46.5 cm³/mol. The quantitative estimate of drug-likeness (QED) is 0.581. The minimum Gasteiger partial charge on any atom is -0.396 e. The number of hydrogen-bond donors (Lipinski definition) is 2. The van der Waals surface area contributed by atoms with E-state index in [2.05, 4.69) is 0 Å². The Kier molecular flexibility index (Phi) is 5.51. The first-order valence-electron chi connectivity index (χ1n) is 4.45. The fourth-order valence-corrected chi connectivity index (χ4v) is 0.971. The molecule has 0 aromatic carbocycles. The molecule has 0 rings (SSSR count). The van der Waals surface area contributed by atoms with Crippen LogP contribution >= 0.6 is 0 Å². The zero-order valence-electron chi connectivity index (χ0n) is 7.64. The molecule has 0 spiro atoms. The molecule has 0 radical (unpaired) electrons. The van der Waals surface area contributed by atoms with Crippen molar-refractivity contribution in [2.75, 3.05) is 6.61 Å². The van der Waals surface area contributed by atoms with Gasteiger partial charge in [0.1, 0.15) is 0 Å². The minimum absolute atomic E-state index is 0.272. The summed E-state index contributed by atoms with van der Waals surface area (Å²) in [6, 6.07) is 0. The molecule has 0 aliphatic carbocycles. The molecule has 1 unspecified atom stereocenters. The molecule has 0 fully saturated rings. The molecule has 0 aliphatic rings. The summed E-state index contributed by atoms with van der Waals surface area (Å²) >= 11 is 0. The smallest absolute Gasteiger partial charge is 0.0617 e. The van der Waals surface area contributed by atoms with E-state index in [1.165, 1.54) is 0 Å². The second kappa shape index (κ2) is 5.56. The van der Waals surface area contributed by atoms with E-state index in [0.717, 1.165) is 32.1 Å². The molecule has 2 heteroatoms. The van der Waals surface area contributed by atoms with Gasteiger partial charge < -0.3 is 10.2 Å². The molecule has 0 saturated heterocycles. The van der Waals surface area contributed by atoms with E-state index >= 15 is 0 Å². The van der Waals surface area contributed by atoms with E-state index in [-0.39, 0.29) is 6.61 Å². The highest BCUT2D eigenvalue weighted by Gasteiger charge is 2.15. The maximum atomic E-state index is 9.56. The summed E-state index contributed by atoms with van der Waals surface area (Å²) in [6.07, 6.45) is 4.56. The molecule has 1 atom stereocenters. The summed E-state index contributed by atoms with van der Waals surface area (Å²) < 4.78 is 0. The molecule has 0 bridgehead atoms. The highest BCUT2D eigenvalue weighted by atomic mass is 16.3. The number of aliphatic hydroxyl groups is 2. The lowest BCUT2D eigenvalue weighted by molar-refractivity contribution is 0.0439. The molecule has 2 nitrogen and oxygen atoms in total. The van der Waals surface area contributed by atoms with Gasteiger partial charge >= 0.3 is 0 Å². The first-order chi connectivity index (χ1) is 5.12. The molecule has 0 aliphatic heterocycles. The van der Waals surface area contributed by atoms with E-state index in [9.17, 15) is 5.11 Å². The van der Waals surface area contributed by atoms with Crippen LogP contribution in [0.1, 0.15) is 46.0 Å². The summed E-state index contributed by atoms with van der Waals surface area (Å²) in [7, 11) is 0.